The van der Waals surface area contributed by atoms with Crippen molar-refractivity contribution in [1.82, 2.24) is 0 Å². The van der Waals surface area contributed by atoms with Crippen LogP contribution in [0.1, 0.15) is 5.56 Å². The van der Waals surface area contributed by atoms with Crippen LogP contribution in [-0.4, -0.2) is 13.0 Å². The smallest absolute Gasteiger partial charge is 0.272 e. The summed E-state index contributed by atoms with van der Waals surface area (Å²) in [5.74, 6) is 0.234. The minimum absolute atomic E-state index is 0.124. The molecule has 0 aromatic heterocycles. The Bertz CT molecular complexity index is 540. The van der Waals surface area contributed by atoms with Crippen molar-refractivity contribution in [3.63, 3.8) is 0 Å². The van der Waals surface area contributed by atoms with Gasteiger partial charge >= 0.3 is 0 Å². The van der Waals surface area contributed by atoms with Gasteiger partial charge in [-0.3, -0.25) is 0 Å². The van der Waals surface area contributed by atoms with Crippen molar-refractivity contribution in [2.24, 2.45) is 0 Å². The number of allylic oxidation sites excluding steroid dienone is 1. The van der Waals surface area contributed by atoms with E-state index >= 15 is 0 Å². The molecule has 4 nitrogen and oxygen atoms in total. The molecule has 0 spiro atoms. The molecule has 0 fully saturated rings. The maximum atomic E-state index is 12.1. The third-order valence-corrected chi connectivity index (χ3v) is 2.11. The van der Waals surface area contributed by atoms with Crippen LogP contribution in [0.15, 0.2) is 30.0 Å². The van der Waals surface area contributed by atoms with Crippen molar-refractivity contribution in [2.45, 2.75) is 13.3 Å². The van der Waals surface area contributed by atoms with Gasteiger partial charge in [0, 0.05) is 6.20 Å². The van der Waals surface area contributed by atoms with Crippen LogP contribution in [0.2, 0.25) is 0 Å². The summed E-state index contributed by atoms with van der Waals surface area (Å²) in [5, 5.41) is 19.9. The second-order valence-electron chi connectivity index (χ2n) is 3.63. The molecule has 0 saturated carbocycles. The average molecular weight is 263 g/mol. The number of nitrogens with one attached hydrogen (secondary N) is 1. The van der Waals surface area contributed by atoms with E-state index in [9.17, 15) is 8.78 Å². The van der Waals surface area contributed by atoms with Gasteiger partial charge in [0.2, 0.25) is 0 Å². The normalized spacial score (nSPS) is 9.37. The summed E-state index contributed by atoms with van der Waals surface area (Å²) in [6, 6.07) is 8.30. The molecule has 0 amide bonds. The number of anilines is 1. The molecule has 1 aromatic rings. The van der Waals surface area contributed by atoms with Crippen molar-refractivity contribution >= 4 is 5.69 Å². The first-order valence-corrected chi connectivity index (χ1v) is 5.35. The van der Waals surface area contributed by atoms with E-state index in [0.717, 1.165) is 5.56 Å². The minimum Gasteiger partial charge on any atom is -0.485 e. The van der Waals surface area contributed by atoms with Crippen LogP contribution in [0.5, 0.6) is 5.75 Å². The molecule has 0 aliphatic rings. The van der Waals surface area contributed by atoms with Crippen LogP contribution in [-0.2, 0) is 0 Å². The summed E-state index contributed by atoms with van der Waals surface area (Å²) in [6.45, 7) is 1.10. The Morgan fingerprint density at radius 1 is 1.42 bits per heavy atom. The van der Waals surface area contributed by atoms with Crippen LogP contribution in [0.25, 0.3) is 0 Å². The molecule has 1 N–H and O–H groups in total. The number of aryl methyl sites for hydroxylation is 1. The molecule has 0 atom stereocenters. The molecule has 0 saturated heterocycles. The van der Waals surface area contributed by atoms with Crippen LogP contribution >= 0.6 is 0 Å². The van der Waals surface area contributed by atoms with Crippen molar-refractivity contribution in [3.8, 4) is 17.9 Å². The van der Waals surface area contributed by atoms with Crippen LogP contribution in [0.3, 0.4) is 0 Å². The highest BCUT2D eigenvalue weighted by atomic mass is 19.3. The largest absolute Gasteiger partial charge is 0.485 e. The van der Waals surface area contributed by atoms with Gasteiger partial charge in [0.25, 0.3) is 6.43 Å². The summed E-state index contributed by atoms with van der Waals surface area (Å²) in [6.07, 6.45) is -1.37. The summed E-state index contributed by atoms with van der Waals surface area (Å²) >= 11 is 0. The quantitative estimate of drug-likeness (QED) is 0.829. The van der Waals surface area contributed by atoms with Gasteiger partial charge in [-0.25, -0.2) is 8.78 Å². The van der Waals surface area contributed by atoms with Crippen LogP contribution < -0.4 is 10.1 Å². The molecule has 0 bridgehead atoms. The predicted octanol–water partition coefficient (Wildman–Crippen LogP) is 2.98. The molecule has 0 radical (unpaired) electrons. The molecule has 0 heterocycles. The second-order valence-corrected chi connectivity index (χ2v) is 3.63. The zero-order chi connectivity index (χ0) is 14.3. The summed E-state index contributed by atoms with van der Waals surface area (Å²) in [5.41, 5.74) is 1.18. The third-order valence-electron chi connectivity index (χ3n) is 2.11. The number of rotatable bonds is 5. The predicted molar refractivity (Wildman–Crippen MR) is 65.6 cm³/mol. The van der Waals surface area contributed by atoms with Crippen LogP contribution in [0, 0.1) is 29.6 Å². The first kappa shape index (κ1) is 14.5. The highest BCUT2D eigenvalue weighted by Gasteiger charge is 2.07. The van der Waals surface area contributed by atoms with Crippen molar-refractivity contribution in [3.05, 3.63) is 35.5 Å². The van der Waals surface area contributed by atoms with Gasteiger partial charge in [-0.05, 0) is 24.6 Å². The summed E-state index contributed by atoms with van der Waals surface area (Å²) < 4.78 is 29.2. The number of nitriles is 2. The molecule has 1 rings (SSSR count). The van der Waals surface area contributed by atoms with Gasteiger partial charge in [-0.15, -0.1) is 0 Å². The molecule has 19 heavy (non-hydrogen) atoms. The lowest BCUT2D eigenvalue weighted by Gasteiger charge is -2.11. The zero-order valence-electron chi connectivity index (χ0n) is 10.2. The fourth-order valence-corrected chi connectivity index (χ4v) is 1.27. The molecule has 0 unspecified atom stereocenters. The highest BCUT2D eigenvalue weighted by Crippen LogP contribution is 2.26. The second kappa shape index (κ2) is 6.97. The molecular weight excluding hydrogens is 252 g/mol. The molecule has 0 aliphatic carbocycles. The number of hydrogen-bond donors (Lipinski definition) is 1. The van der Waals surface area contributed by atoms with E-state index in [1.807, 2.05) is 6.92 Å². The first-order chi connectivity index (χ1) is 9.06. The van der Waals surface area contributed by atoms with E-state index in [2.05, 4.69) is 5.32 Å². The van der Waals surface area contributed by atoms with Gasteiger partial charge in [0.15, 0.2) is 0 Å². The van der Waals surface area contributed by atoms with E-state index in [-0.39, 0.29) is 11.3 Å². The van der Waals surface area contributed by atoms with E-state index < -0.39 is 13.0 Å². The van der Waals surface area contributed by atoms with E-state index in [1.54, 1.807) is 30.3 Å². The van der Waals surface area contributed by atoms with E-state index in [1.165, 1.54) is 6.20 Å². The lowest BCUT2D eigenvalue weighted by molar-refractivity contribution is 0.0822. The number of hydrogen-bond acceptors (Lipinski definition) is 4. The average Bonchev–Trinajstić information content (AvgIpc) is 2.38. The number of alkyl halides is 2. The van der Waals surface area contributed by atoms with Crippen LogP contribution in [0.4, 0.5) is 14.5 Å². The Kier molecular flexibility index (Phi) is 5.31. The van der Waals surface area contributed by atoms with E-state index in [4.69, 9.17) is 15.3 Å². The van der Waals surface area contributed by atoms with Crippen molar-refractivity contribution in [1.29, 1.82) is 10.5 Å². The SMILES string of the molecule is Cc1ccc(OCC(F)F)c(NC=C(C#N)C#N)c1. The van der Waals surface area contributed by atoms with Gasteiger partial charge in [-0.1, -0.05) is 6.07 Å². The number of halogens is 2. The fourth-order valence-electron chi connectivity index (χ4n) is 1.27. The molecule has 1 aromatic carbocycles. The maximum Gasteiger partial charge on any atom is 0.272 e. The summed E-state index contributed by atoms with van der Waals surface area (Å²) in [4.78, 5) is 0. The lowest BCUT2D eigenvalue weighted by atomic mass is 10.2. The molecule has 0 aliphatic heterocycles. The Morgan fingerprint density at radius 3 is 2.68 bits per heavy atom. The number of ether oxygens (including phenoxy) is 1. The van der Waals surface area contributed by atoms with Gasteiger partial charge in [0.1, 0.15) is 30.1 Å². The van der Waals surface area contributed by atoms with Crippen molar-refractivity contribution in [2.75, 3.05) is 11.9 Å². The summed E-state index contributed by atoms with van der Waals surface area (Å²) in [7, 11) is 0. The third kappa shape index (κ3) is 4.64. The standard InChI is InChI=1S/C13H11F2N3O/c1-9-2-3-12(19-8-13(14)15)11(4-9)18-7-10(5-16)6-17/h2-4,7,13,18H,8H2,1H3. The van der Waals surface area contributed by atoms with Gasteiger partial charge < -0.3 is 10.1 Å². The monoisotopic (exact) mass is 263 g/mol. The maximum absolute atomic E-state index is 12.1. The topological polar surface area (TPSA) is 68.8 Å². The number of nitrogens with zero attached hydrogens (tertiary/aromatic N) is 2. The van der Waals surface area contributed by atoms with E-state index in [0.29, 0.717) is 5.69 Å². The first-order valence-electron chi connectivity index (χ1n) is 5.35. The zero-order valence-corrected chi connectivity index (χ0v) is 10.2. The Labute approximate surface area is 109 Å². The number of benzene rings is 1. The lowest BCUT2D eigenvalue weighted by Crippen LogP contribution is -2.08. The highest BCUT2D eigenvalue weighted by molar-refractivity contribution is 5.60. The fraction of sp³-hybridized carbons (Fsp3) is 0.231. The molecule has 6 heteroatoms. The van der Waals surface area contributed by atoms with Gasteiger partial charge in [0.05, 0.1) is 5.69 Å². The van der Waals surface area contributed by atoms with Gasteiger partial charge in [-0.2, -0.15) is 10.5 Å². The Balaban J connectivity index is 2.92. The van der Waals surface area contributed by atoms with Crippen molar-refractivity contribution < 1.29 is 13.5 Å². The molecule has 98 valence electrons. The Morgan fingerprint density at radius 2 is 2.11 bits per heavy atom. The molecular formula is C13H11F2N3O. The Hall–Kier alpha value is -2.60. The minimum atomic E-state index is -2.57.